The Morgan fingerprint density at radius 2 is 2.25 bits per heavy atom. The number of para-hydroxylation sites is 2. The minimum atomic E-state index is 0.393. The first-order valence-corrected chi connectivity index (χ1v) is 4.06. The Morgan fingerprint density at radius 3 is 2.92 bits per heavy atom. The molecule has 0 amide bonds. The second-order valence-corrected chi connectivity index (χ2v) is 2.92. The predicted molar refractivity (Wildman–Crippen MR) is 49.1 cm³/mol. The van der Waals surface area contributed by atoms with Crippen molar-refractivity contribution in [2.45, 2.75) is 6.10 Å². The van der Waals surface area contributed by atoms with E-state index in [2.05, 4.69) is 5.32 Å². The van der Waals surface area contributed by atoms with Crippen LogP contribution in [0.15, 0.2) is 24.3 Å². The number of ether oxygens (including phenoxy) is 1. The van der Waals surface area contributed by atoms with Crippen molar-refractivity contribution >= 4 is 11.4 Å². The number of rotatable bonds is 3. The van der Waals surface area contributed by atoms with Gasteiger partial charge in [0.2, 0.25) is 0 Å². The molecule has 1 aromatic carbocycles. The third kappa shape index (κ3) is 1.68. The lowest BCUT2D eigenvalue weighted by molar-refractivity contribution is 0.417. The van der Waals surface area contributed by atoms with Crippen LogP contribution in [0.1, 0.15) is 0 Å². The Balaban J connectivity index is 1.96. The Hall–Kier alpha value is -1.22. The molecular weight excluding hydrogens is 152 g/mol. The van der Waals surface area contributed by atoms with Crippen molar-refractivity contribution in [3.8, 4) is 0 Å². The van der Waals surface area contributed by atoms with E-state index in [1.165, 1.54) is 0 Å². The lowest BCUT2D eigenvalue weighted by Crippen LogP contribution is -2.08. The first-order chi connectivity index (χ1) is 5.86. The van der Waals surface area contributed by atoms with Gasteiger partial charge in [-0.05, 0) is 12.1 Å². The van der Waals surface area contributed by atoms with Crippen molar-refractivity contribution in [2.75, 3.05) is 24.2 Å². The molecule has 64 valence electrons. The number of nitrogen functional groups attached to an aromatic ring is 1. The molecule has 3 heteroatoms. The third-order valence-electron chi connectivity index (χ3n) is 1.88. The summed E-state index contributed by atoms with van der Waals surface area (Å²) in [7, 11) is 0. The summed E-state index contributed by atoms with van der Waals surface area (Å²) >= 11 is 0. The fourth-order valence-corrected chi connectivity index (χ4v) is 1.07. The fraction of sp³-hybridized carbons (Fsp3) is 0.333. The Bertz CT molecular complexity index is 271. The zero-order valence-corrected chi connectivity index (χ0v) is 6.79. The standard InChI is InChI=1S/C9H12N2O/c10-8-3-1-2-4-9(8)11-5-7-6-12-7/h1-4,7,11H,5-6,10H2. The molecule has 1 heterocycles. The van der Waals surface area contributed by atoms with E-state index in [1.54, 1.807) is 0 Å². The zero-order chi connectivity index (χ0) is 8.39. The van der Waals surface area contributed by atoms with Gasteiger partial charge in [-0.25, -0.2) is 0 Å². The van der Waals surface area contributed by atoms with Gasteiger partial charge in [0.1, 0.15) is 0 Å². The van der Waals surface area contributed by atoms with Crippen molar-refractivity contribution in [1.82, 2.24) is 0 Å². The van der Waals surface area contributed by atoms with Crippen molar-refractivity contribution in [3.63, 3.8) is 0 Å². The molecule has 0 radical (unpaired) electrons. The van der Waals surface area contributed by atoms with Crippen LogP contribution in [0.5, 0.6) is 0 Å². The van der Waals surface area contributed by atoms with Gasteiger partial charge in [0.25, 0.3) is 0 Å². The Morgan fingerprint density at radius 1 is 1.50 bits per heavy atom. The molecule has 0 aliphatic carbocycles. The summed E-state index contributed by atoms with van der Waals surface area (Å²) in [5, 5.41) is 3.22. The van der Waals surface area contributed by atoms with E-state index in [4.69, 9.17) is 10.5 Å². The summed E-state index contributed by atoms with van der Waals surface area (Å²) < 4.78 is 5.07. The molecule has 1 saturated heterocycles. The molecule has 3 nitrogen and oxygen atoms in total. The first-order valence-electron chi connectivity index (χ1n) is 4.06. The van der Waals surface area contributed by atoms with Crippen molar-refractivity contribution in [2.24, 2.45) is 0 Å². The number of nitrogens with one attached hydrogen (secondary N) is 1. The van der Waals surface area contributed by atoms with E-state index >= 15 is 0 Å². The molecule has 0 spiro atoms. The van der Waals surface area contributed by atoms with Gasteiger partial charge in [0.15, 0.2) is 0 Å². The summed E-state index contributed by atoms with van der Waals surface area (Å²) in [5.74, 6) is 0. The molecule has 1 atom stereocenters. The highest BCUT2D eigenvalue weighted by molar-refractivity contribution is 5.65. The summed E-state index contributed by atoms with van der Waals surface area (Å²) in [6, 6.07) is 7.74. The van der Waals surface area contributed by atoms with E-state index in [0.717, 1.165) is 24.5 Å². The molecule has 3 N–H and O–H groups in total. The monoisotopic (exact) mass is 164 g/mol. The van der Waals surface area contributed by atoms with Gasteiger partial charge in [-0.1, -0.05) is 12.1 Å². The molecule has 1 aliphatic heterocycles. The Kier molecular flexibility index (Phi) is 1.87. The van der Waals surface area contributed by atoms with Crippen LogP contribution >= 0.6 is 0 Å². The van der Waals surface area contributed by atoms with E-state index < -0.39 is 0 Å². The second kappa shape index (κ2) is 3.03. The summed E-state index contributed by atoms with van der Waals surface area (Å²) in [6.07, 6.45) is 0.393. The summed E-state index contributed by atoms with van der Waals surface area (Å²) in [4.78, 5) is 0. The average Bonchev–Trinajstić information content (AvgIpc) is 2.86. The molecule has 0 aromatic heterocycles. The van der Waals surface area contributed by atoms with Crippen LogP contribution in [-0.4, -0.2) is 19.3 Å². The van der Waals surface area contributed by atoms with Crippen LogP contribution < -0.4 is 11.1 Å². The first kappa shape index (κ1) is 7.43. The van der Waals surface area contributed by atoms with Crippen LogP contribution in [-0.2, 0) is 4.74 Å². The lowest BCUT2D eigenvalue weighted by atomic mass is 10.2. The van der Waals surface area contributed by atoms with Crippen molar-refractivity contribution in [1.29, 1.82) is 0 Å². The highest BCUT2D eigenvalue weighted by atomic mass is 16.6. The van der Waals surface area contributed by atoms with Gasteiger partial charge in [-0.15, -0.1) is 0 Å². The molecule has 1 aliphatic rings. The predicted octanol–water partition coefficient (Wildman–Crippen LogP) is 1.08. The maximum Gasteiger partial charge on any atom is 0.0981 e. The minimum absolute atomic E-state index is 0.393. The van der Waals surface area contributed by atoms with Gasteiger partial charge in [0.05, 0.1) is 24.1 Å². The van der Waals surface area contributed by atoms with Crippen LogP contribution in [0.4, 0.5) is 11.4 Å². The quantitative estimate of drug-likeness (QED) is 0.519. The highest BCUT2D eigenvalue weighted by Crippen LogP contribution is 2.18. The summed E-state index contributed by atoms with van der Waals surface area (Å²) in [5.41, 5.74) is 7.51. The topological polar surface area (TPSA) is 50.6 Å². The van der Waals surface area contributed by atoms with Crippen LogP contribution in [0.3, 0.4) is 0 Å². The molecule has 12 heavy (non-hydrogen) atoms. The highest BCUT2D eigenvalue weighted by Gasteiger charge is 2.21. The summed E-state index contributed by atoms with van der Waals surface area (Å²) in [6.45, 7) is 1.73. The molecule has 0 bridgehead atoms. The number of hydrogen-bond donors (Lipinski definition) is 2. The number of epoxide rings is 1. The number of nitrogens with two attached hydrogens (primary N) is 1. The van der Waals surface area contributed by atoms with Gasteiger partial charge < -0.3 is 15.8 Å². The number of benzene rings is 1. The van der Waals surface area contributed by atoms with E-state index in [9.17, 15) is 0 Å². The van der Waals surface area contributed by atoms with Crippen molar-refractivity contribution < 1.29 is 4.74 Å². The fourth-order valence-electron chi connectivity index (χ4n) is 1.07. The molecule has 1 aromatic rings. The number of hydrogen-bond acceptors (Lipinski definition) is 3. The van der Waals surface area contributed by atoms with E-state index in [1.807, 2.05) is 24.3 Å². The maximum atomic E-state index is 5.72. The lowest BCUT2D eigenvalue weighted by Gasteiger charge is -2.06. The largest absolute Gasteiger partial charge is 0.397 e. The van der Waals surface area contributed by atoms with Gasteiger partial charge in [-0.3, -0.25) is 0 Å². The Labute approximate surface area is 71.5 Å². The molecule has 1 unspecified atom stereocenters. The van der Waals surface area contributed by atoms with Crippen LogP contribution in [0.25, 0.3) is 0 Å². The smallest absolute Gasteiger partial charge is 0.0981 e. The van der Waals surface area contributed by atoms with Crippen molar-refractivity contribution in [3.05, 3.63) is 24.3 Å². The minimum Gasteiger partial charge on any atom is -0.397 e. The molecular formula is C9H12N2O. The van der Waals surface area contributed by atoms with Crippen LogP contribution in [0, 0.1) is 0 Å². The SMILES string of the molecule is Nc1ccccc1NCC1CO1. The van der Waals surface area contributed by atoms with E-state index in [0.29, 0.717) is 6.10 Å². The van der Waals surface area contributed by atoms with Gasteiger partial charge >= 0.3 is 0 Å². The van der Waals surface area contributed by atoms with Crippen LogP contribution in [0.2, 0.25) is 0 Å². The average molecular weight is 164 g/mol. The van der Waals surface area contributed by atoms with Gasteiger partial charge in [0, 0.05) is 6.54 Å². The molecule has 0 saturated carbocycles. The normalized spacial score (nSPS) is 20.5. The molecule has 2 rings (SSSR count). The second-order valence-electron chi connectivity index (χ2n) is 2.92. The third-order valence-corrected chi connectivity index (χ3v) is 1.88. The maximum absolute atomic E-state index is 5.72. The number of anilines is 2. The zero-order valence-electron chi connectivity index (χ0n) is 6.79. The van der Waals surface area contributed by atoms with Gasteiger partial charge in [-0.2, -0.15) is 0 Å². The van der Waals surface area contributed by atoms with E-state index in [-0.39, 0.29) is 0 Å². The molecule has 1 fully saturated rings.